The zero-order chi connectivity index (χ0) is 9.23. The molecule has 12 heavy (non-hydrogen) atoms. The first-order valence-electron chi connectivity index (χ1n) is 4.24. The first-order valence-corrected chi connectivity index (χ1v) is 4.24. The number of allylic oxidation sites excluding steroid dienone is 3. The van der Waals surface area contributed by atoms with Crippen LogP contribution in [0, 0.1) is 0 Å². The molecule has 0 spiro atoms. The second-order valence-electron chi connectivity index (χ2n) is 2.44. The Kier molecular flexibility index (Phi) is 8.07. The zero-order valence-corrected chi connectivity index (χ0v) is 8.12. The van der Waals surface area contributed by atoms with Crippen LogP contribution in [0.3, 0.4) is 0 Å². The van der Waals surface area contributed by atoms with E-state index < -0.39 is 0 Å². The van der Waals surface area contributed by atoms with Gasteiger partial charge in [0.25, 0.3) is 0 Å². The Labute approximate surface area is 74.9 Å². The molecule has 70 valence electrons. The third-order valence-electron chi connectivity index (χ3n) is 1.44. The van der Waals surface area contributed by atoms with E-state index in [1.807, 2.05) is 18.2 Å². The quantitative estimate of drug-likeness (QED) is 0.450. The third-order valence-corrected chi connectivity index (χ3v) is 1.44. The van der Waals surface area contributed by atoms with E-state index in [2.05, 4.69) is 13.0 Å². The highest BCUT2D eigenvalue weighted by Crippen LogP contribution is 1.94. The van der Waals surface area contributed by atoms with Gasteiger partial charge in [0.2, 0.25) is 0 Å². The highest BCUT2D eigenvalue weighted by molar-refractivity contribution is 5.03. The summed E-state index contributed by atoms with van der Waals surface area (Å²) >= 11 is 0. The van der Waals surface area contributed by atoms with Crippen molar-refractivity contribution >= 4 is 0 Å². The summed E-state index contributed by atoms with van der Waals surface area (Å²) in [6.07, 6.45) is 10.0. The number of hydrogen-bond donors (Lipinski definition) is 0. The Bertz CT molecular complexity index is 135. The van der Waals surface area contributed by atoms with E-state index in [1.165, 1.54) is 6.42 Å². The first kappa shape index (κ1) is 11.4. The first-order chi connectivity index (χ1) is 5.85. The molecule has 0 aromatic rings. The summed E-state index contributed by atoms with van der Waals surface area (Å²) in [6, 6.07) is 0. The van der Waals surface area contributed by atoms with Crippen LogP contribution in [0.2, 0.25) is 0 Å². The predicted molar refractivity (Wildman–Crippen MR) is 51.0 cm³/mol. The van der Waals surface area contributed by atoms with Gasteiger partial charge in [-0.3, -0.25) is 0 Å². The number of methoxy groups -OCH3 is 2. The molecule has 0 atom stereocenters. The van der Waals surface area contributed by atoms with Gasteiger partial charge in [0, 0.05) is 14.2 Å². The maximum absolute atomic E-state index is 4.96. The molecular formula is C10H18O2. The SMILES string of the molecule is CCC/C=C/C=C/C(OC)OC. The largest absolute Gasteiger partial charge is 0.352 e. The second-order valence-corrected chi connectivity index (χ2v) is 2.44. The fraction of sp³-hybridized carbons (Fsp3) is 0.600. The molecule has 0 fully saturated rings. The lowest BCUT2D eigenvalue weighted by atomic mass is 10.3. The van der Waals surface area contributed by atoms with Gasteiger partial charge in [0.05, 0.1) is 0 Å². The minimum absolute atomic E-state index is 0.226. The van der Waals surface area contributed by atoms with Gasteiger partial charge in [-0.2, -0.15) is 0 Å². The molecule has 0 radical (unpaired) electrons. The van der Waals surface area contributed by atoms with Crippen molar-refractivity contribution in [2.45, 2.75) is 26.1 Å². The number of ether oxygens (including phenoxy) is 2. The lowest BCUT2D eigenvalue weighted by Gasteiger charge is -2.06. The van der Waals surface area contributed by atoms with Crippen molar-refractivity contribution in [3.05, 3.63) is 24.3 Å². The van der Waals surface area contributed by atoms with Crippen LogP contribution in [-0.2, 0) is 9.47 Å². The highest BCUT2D eigenvalue weighted by Gasteiger charge is 1.94. The molecule has 0 bridgehead atoms. The van der Waals surface area contributed by atoms with Gasteiger partial charge in [-0.05, 0) is 12.5 Å². The summed E-state index contributed by atoms with van der Waals surface area (Å²) in [5.74, 6) is 0. The van der Waals surface area contributed by atoms with Crippen LogP contribution in [-0.4, -0.2) is 20.5 Å². The van der Waals surface area contributed by atoms with Crippen molar-refractivity contribution < 1.29 is 9.47 Å². The molecule has 0 aromatic carbocycles. The topological polar surface area (TPSA) is 18.5 Å². The van der Waals surface area contributed by atoms with Crippen LogP contribution in [0.25, 0.3) is 0 Å². The number of hydrogen-bond acceptors (Lipinski definition) is 2. The average Bonchev–Trinajstić information content (AvgIpc) is 2.11. The van der Waals surface area contributed by atoms with Gasteiger partial charge < -0.3 is 9.47 Å². The van der Waals surface area contributed by atoms with Gasteiger partial charge in [0.15, 0.2) is 6.29 Å². The molecule has 0 amide bonds. The van der Waals surface area contributed by atoms with Crippen molar-refractivity contribution in [2.75, 3.05) is 14.2 Å². The van der Waals surface area contributed by atoms with Crippen LogP contribution in [0.15, 0.2) is 24.3 Å². The van der Waals surface area contributed by atoms with E-state index in [0.29, 0.717) is 0 Å². The Morgan fingerprint density at radius 3 is 2.33 bits per heavy atom. The minimum Gasteiger partial charge on any atom is -0.352 e. The van der Waals surface area contributed by atoms with Gasteiger partial charge in [0.1, 0.15) is 0 Å². The van der Waals surface area contributed by atoms with Crippen LogP contribution >= 0.6 is 0 Å². The minimum atomic E-state index is -0.226. The zero-order valence-electron chi connectivity index (χ0n) is 8.12. The van der Waals surface area contributed by atoms with E-state index in [-0.39, 0.29) is 6.29 Å². The molecule has 0 N–H and O–H groups in total. The van der Waals surface area contributed by atoms with Gasteiger partial charge in [-0.15, -0.1) is 0 Å². The monoisotopic (exact) mass is 170 g/mol. The van der Waals surface area contributed by atoms with Crippen molar-refractivity contribution in [1.29, 1.82) is 0 Å². The lowest BCUT2D eigenvalue weighted by Crippen LogP contribution is -2.08. The molecule has 0 saturated heterocycles. The summed E-state index contributed by atoms with van der Waals surface area (Å²) in [7, 11) is 3.24. The molecule has 0 saturated carbocycles. The maximum Gasteiger partial charge on any atom is 0.176 e. The third kappa shape index (κ3) is 6.13. The van der Waals surface area contributed by atoms with Crippen molar-refractivity contribution in [2.24, 2.45) is 0 Å². The van der Waals surface area contributed by atoms with Gasteiger partial charge >= 0.3 is 0 Å². The van der Waals surface area contributed by atoms with Crippen LogP contribution in [0.1, 0.15) is 19.8 Å². The average molecular weight is 170 g/mol. The molecule has 0 aromatic heterocycles. The van der Waals surface area contributed by atoms with Crippen LogP contribution < -0.4 is 0 Å². The highest BCUT2D eigenvalue weighted by atomic mass is 16.7. The van der Waals surface area contributed by atoms with E-state index in [9.17, 15) is 0 Å². The Hall–Kier alpha value is -0.600. The molecule has 0 heterocycles. The van der Waals surface area contributed by atoms with E-state index >= 15 is 0 Å². The molecule has 2 nitrogen and oxygen atoms in total. The van der Waals surface area contributed by atoms with Gasteiger partial charge in [-0.1, -0.05) is 31.6 Å². The lowest BCUT2D eigenvalue weighted by molar-refractivity contribution is -0.0666. The summed E-state index contributed by atoms with van der Waals surface area (Å²) in [4.78, 5) is 0. The normalized spacial score (nSPS) is 12.3. The Morgan fingerprint density at radius 2 is 1.83 bits per heavy atom. The van der Waals surface area contributed by atoms with E-state index in [1.54, 1.807) is 14.2 Å². The van der Waals surface area contributed by atoms with Crippen molar-refractivity contribution in [3.8, 4) is 0 Å². The fourth-order valence-corrected chi connectivity index (χ4v) is 0.750. The Morgan fingerprint density at radius 1 is 1.17 bits per heavy atom. The van der Waals surface area contributed by atoms with Gasteiger partial charge in [-0.25, -0.2) is 0 Å². The summed E-state index contributed by atoms with van der Waals surface area (Å²) in [5.41, 5.74) is 0. The second kappa shape index (κ2) is 8.50. The molecule has 0 rings (SSSR count). The maximum atomic E-state index is 4.96. The summed E-state index contributed by atoms with van der Waals surface area (Å²) < 4.78 is 9.93. The summed E-state index contributed by atoms with van der Waals surface area (Å²) in [6.45, 7) is 2.15. The fourth-order valence-electron chi connectivity index (χ4n) is 0.750. The molecule has 0 aliphatic heterocycles. The van der Waals surface area contributed by atoms with Crippen molar-refractivity contribution in [3.63, 3.8) is 0 Å². The van der Waals surface area contributed by atoms with Crippen LogP contribution in [0.5, 0.6) is 0 Å². The predicted octanol–water partition coefficient (Wildman–Crippen LogP) is 2.52. The molecular weight excluding hydrogens is 152 g/mol. The molecule has 0 aliphatic carbocycles. The Balaban J connectivity index is 3.58. The van der Waals surface area contributed by atoms with Crippen LogP contribution in [0.4, 0.5) is 0 Å². The van der Waals surface area contributed by atoms with Crippen molar-refractivity contribution in [1.82, 2.24) is 0 Å². The van der Waals surface area contributed by atoms with E-state index in [4.69, 9.17) is 9.47 Å². The number of unbranched alkanes of at least 4 members (excludes halogenated alkanes) is 1. The van der Waals surface area contributed by atoms with E-state index in [0.717, 1.165) is 6.42 Å². The standard InChI is InChI=1S/C10H18O2/c1-4-5-6-7-8-9-10(11-2)12-3/h6-10H,4-5H2,1-3H3/b7-6+,9-8+. The molecule has 0 unspecified atom stereocenters. The smallest absolute Gasteiger partial charge is 0.176 e. The summed E-state index contributed by atoms with van der Waals surface area (Å²) in [5, 5.41) is 0. The molecule has 2 heteroatoms. The molecule has 0 aliphatic rings. The number of rotatable bonds is 6.